The molecule has 23 heavy (non-hydrogen) atoms. The molecule has 1 aliphatic rings. The number of halogens is 4. The van der Waals surface area contributed by atoms with Crippen molar-refractivity contribution in [2.45, 2.75) is 38.7 Å². The summed E-state index contributed by atoms with van der Waals surface area (Å²) >= 11 is 0. The molecule has 3 unspecified atom stereocenters. The van der Waals surface area contributed by atoms with E-state index in [1.165, 1.54) is 12.1 Å². The first-order chi connectivity index (χ1) is 10.3. The number of hydrogen-bond acceptors (Lipinski definition) is 3. The molecule has 130 valence electrons. The van der Waals surface area contributed by atoms with Crippen LogP contribution in [-0.4, -0.2) is 30.9 Å². The van der Waals surface area contributed by atoms with E-state index in [4.69, 9.17) is 0 Å². The highest BCUT2D eigenvalue weighted by atomic mass is 35.5. The zero-order valence-electron chi connectivity index (χ0n) is 12.8. The molecule has 3 atom stereocenters. The summed E-state index contributed by atoms with van der Waals surface area (Å²) < 4.78 is 40.5. The van der Waals surface area contributed by atoms with Crippen molar-refractivity contribution in [3.8, 4) is 5.75 Å². The molecule has 1 aromatic carbocycles. The van der Waals surface area contributed by atoms with Gasteiger partial charge >= 0.3 is 6.36 Å². The van der Waals surface area contributed by atoms with Crippen LogP contribution in [0.25, 0.3) is 0 Å². The molecule has 0 bridgehead atoms. The summed E-state index contributed by atoms with van der Waals surface area (Å²) in [5.41, 5.74) is 0.145. The van der Waals surface area contributed by atoms with E-state index < -0.39 is 18.0 Å². The third-order valence-electron chi connectivity index (χ3n) is 3.85. The minimum atomic E-state index is -4.77. The highest BCUT2D eigenvalue weighted by molar-refractivity contribution is 5.94. The molecule has 1 amide bonds. The van der Waals surface area contributed by atoms with Crippen molar-refractivity contribution in [2.24, 2.45) is 5.92 Å². The minimum Gasteiger partial charge on any atom is -0.406 e. The summed E-state index contributed by atoms with van der Waals surface area (Å²) in [6.45, 7) is 4.92. The monoisotopic (exact) mass is 352 g/mol. The predicted molar refractivity (Wildman–Crippen MR) is 82.9 cm³/mol. The van der Waals surface area contributed by atoms with E-state index in [1.807, 2.05) is 13.8 Å². The number of piperidine rings is 1. The van der Waals surface area contributed by atoms with Gasteiger partial charge in [0.1, 0.15) is 5.75 Å². The van der Waals surface area contributed by atoms with Crippen LogP contribution in [0.15, 0.2) is 24.3 Å². The first-order valence-electron chi connectivity index (χ1n) is 7.16. The van der Waals surface area contributed by atoms with Gasteiger partial charge in [-0.15, -0.1) is 25.6 Å². The highest BCUT2D eigenvalue weighted by Gasteiger charge is 2.32. The molecule has 1 heterocycles. The lowest BCUT2D eigenvalue weighted by Crippen LogP contribution is -2.55. The van der Waals surface area contributed by atoms with E-state index >= 15 is 0 Å². The number of ether oxygens (including phenoxy) is 1. The maximum atomic E-state index is 12.2. The van der Waals surface area contributed by atoms with Gasteiger partial charge in [-0.05, 0) is 44.0 Å². The van der Waals surface area contributed by atoms with Crippen LogP contribution in [-0.2, 0) is 0 Å². The molecule has 2 N–H and O–H groups in total. The molecule has 0 aliphatic carbocycles. The van der Waals surface area contributed by atoms with Gasteiger partial charge in [0.05, 0.1) is 0 Å². The van der Waals surface area contributed by atoms with Gasteiger partial charge in [0, 0.05) is 17.6 Å². The van der Waals surface area contributed by atoms with Gasteiger partial charge in [-0.25, -0.2) is 0 Å². The summed E-state index contributed by atoms with van der Waals surface area (Å²) in [5, 5.41) is 6.16. The lowest BCUT2D eigenvalue weighted by Gasteiger charge is -2.36. The van der Waals surface area contributed by atoms with E-state index in [9.17, 15) is 18.0 Å². The molecule has 1 saturated heterocycles. The van der Waals surface area contributed by atoms with Crippen LogP contribution in [0.3, 0.4) is 0 Å². The van der Waals surface area contributed by atoms with Crippen molar-refractivity contribution in [3.05, 3.63) is 29.8 Å². The zero-order chi connectivity index (χ0) is 16.3. The number of hydrogen-bond donors (Lipinski definition) is 2. The standard InChI is InChI=1S/C15H19F3N2O2.ClH/c1-9-6-7-19-10(2)13(9)20-14(21)11-4-3-5-12(8-11)22-15(16,17)18;/h3-5,8-10,13,19H,6-7H2,1-2H3,(H,20,21);1H. The molecule has 1 aromatic rings. The van der Waals surface area contributed by atoms with Crippen molar-refractivity contribution < 1.29 is 22.7 Å². The zero-order valence-corrected chi connectivity index (χ0v) is 13.6. The number of alkyl halides is 3. The van der Waals surface area contributed by atoms with Crippen LogP contribution in [0.4, 0.5) is 13.2 Å². The molecule has 0 spiro atoms. The van der Waals surface area contributed by atoms with Crippen LogP contribution in [0.2, 0.25) is 0 Å². The quantitative estimate of drug-likeness (QED) is 0.878. The molecular formula is C15H20ClF3N2O2. The largest absolute Gasteiger partial charge is 0.573 e. The number of carbonyl (C=O) groups is 1. The Morgan fingerprint density at radius 2 is 2.04 bits per heavy atom. The van der Waals surface area contributed by atoms with E-state index in [-0.39, 0.29) is 30.1 Å². The van der Waals surface area contributed by atoms with Gasteiger partial charge in [-0.3, -0.25) is 4.79 Å². The van der Waals surface area contributed by atoms with Crippen LogP contribution < -0.4 is 15.4 Å². The third kappa shape index (κ3) is 5.58. The minimum absolute atomic E-state index is 0. The van der Waals surface area contributed by atoms with E-state index in [0.717, 1.165) is 25.1 Å². The third-order valence-corrected chi connectivity index (χ3v) is 3.85. The van der Waals surface area contributed by atoms with Crippen molar-refractivity contribution >= 4 is 18.3 Å². The molecule has 1 fully saturated rings. The van der Waals surface area contributed by atoms with Gasteiger partial charge in [0.25, 0.3) is 5.91 Å². The molecule has 8 heteroatoms. The number of benzene rings is 1. The van der Waals surface area contributed by atoms with E-state index in [2.05, 4.69) is 15.4 Å². The van der Waals surface area contributed by atoms with Crippen LogP contribution in [0.1, 0.15) is 30.6 Å². The maximum absolute atomic E-state index is 12.2. The summed E-state index contributed by atoms with van der Waals surface area (Å²) in [6.07, 6.45) is -3.84. The average Bonchev–Trinajstić information content (AvgIpc) is 2.41. The molecule has 4 nitrogen and oxygen atoms in total. The Balaban J connectivity index is 0.00000264. The van der Waals surface area contributed by atoms with Gasteiger partial charge in [-0.1, -0.05) is 13.0 Å². The fourth-order valence-corrected chi connectivity index (χ4v) is 2.67. The number of carbonyl (C=O) groups excluding carboxylic acids is 1. The SMILES string of the molecule is CC1CCNC(C)C1NC(=O)c1cccc(OC(F)(F)F)c1.Cl. The Labute approximate surface area is 139 Å². The lowest BCUT2D eigenvalue weighted by atomic mass is 9.89. The molecule has 0 aromatic heterocycles. The summed E-state index contributed by atoms with van der Waals surface area (Å²) in [7, 11) is 0. The summed E-state index contributed by atoms with van der Waals surface area (Å²) in [5.74, 6) is -0.502. The first-order valence-corrected chi connectivity index (χ1v) is 7.16. The number of amides is 1. The smallest absolute Gasteiger partial charge is 0.406 e. The van der Waals surface area contributed by atoms with Gasteiger partial charge in [-0.2, -0.15) is 0 Å². The average molecular weight is 353 g/mol. The highest BCUT2D eigenvalue weighted by Crippen LogP contribution is 2.24. The fourth-order valence-electron chi connectivity index (χ4n) is 2.67. The first kappa shape index (κ1) is 19.6. The Kier molecular flexibility index (Phi) is 6.70. The number of nitrogens with one attached hydrogen (secondary N) is 2. The lowest BCUT2D eigenvalue weighted by molar-refractivity contribution is -0.274. The Morgan fingerprint density at radius 3 is 2.65 bits per heavy atom. The maximum Gasteiger partial charge on any atom is 0.573 e. The van der Waals surface area contributed by atoms with Crippen molar-refractivity contribution in [2.75, 3.05) is 6.54 Å². The molecule has 0 radical (unpaired) electrons. The van der Waals surface area contributed by atoms with Crippen molar-refractivity contribution in [1.82, 2.24) is 10.6 Å². The second-order valence-corrected chi connectivity index (χ2v) is 5.58. The predicted octanol–water partition coefficient (Wildman–Crippen LogP) is 3.12. The Hall–Kier alpha value is -1.47. The Bertz CT molecular complexity index is 530. The molecule has 1 aliphatic heterocycles. The molecule has 0 saturated carbocycles. The van der Waals surface area contributed by atoms with Gasteiger partial charge < -0.3 is 15.4 Å². The van der Waals surface area contributed by atoms with Crippen LogP contribution >= 0.6 is 12.4 Å². The van der Waals surface area contributed by atoms with Crippen molar-refractivity contribution in [3.63, 3.8) is 0 Å². The normalized spacial score (nSPS) is 24.5. The summed E-state index contributed by atoms with van der Waals surface area (Å²) in [6, 6.07) is 5.13. The Morgan fingerprint density at radius 1 is 1.35 bits per heavy atom. The fraction of sp³-hybridized carbons (Fsp3) is 0.533. The van der Waals surface area contributed by atoms with Gasteiger partial charge in [0.15, 0.2) is 0 Å². The van der Waals surface area contributed by atoms with E-state index in [0.29, 0.717) is 5.92 Å². The number of rotatable bonds is 3. The molecule has 2 rings (SSSR count). The second-order valence-electron chi connectivity index (χ2n) is 5.58. The molecular weight excluding hydrogens is 333 g/mol. The van der Waals surface area contributed by atoms with Crippen LogP contribution in [0.5, 0.6) is 5.75 Å². The van der Waals surface area contributed by atoms with Crippen LogP contribution in [0, 0.1) is 5.92 Å². The van der Waals surface area contributed by atoms with Crippen molar-refractivity contribution in [1.29, 1.82) is 0 Å². The van der Waals surface area contributed by atoms with E-state index in [1.54, 1.807) is 0 Å². The topological polar surface area (TPSA) is 50.4 Å². The second kappa shape index (κ2) is 7.88. The van der Waals surface area contributed by atoms with Gasteiger partial charge in [0.2, 0.25) is 0 Å². The summed E-state index contributed by atoms with van der Waals surface area (Å²) in [4.78, 5) is 12.2.